The first-order valence-electron chi connectivity index (χ1n) is 4.09. The van der Waals surface area contributed by atoms with Gasteiger partial charge >= 0.3 is 0 Å². The Morgan fingerprint density at radius 3 is 0.833 bits per heavy atom. The molecule has 0 fully saturated rings. The van der Waals surface area contributed by atoms with Crippen LogP contribution in [-0.2, 0) is 0 Å². The number of halogens is 1. The van der Waals surface area contributed by atoms with Gasteiger partial charge in [0.2, 0.25) is 0 Å². The second kappa shape index (κ2) is 29.4. The van der Waals surface area contributed by atoms with Gasteiger partial charge in [-0.15, -0.1) is 12.4 Å². The van der Waals surface area contributed by atoms with Gasteiger partial charge in [0, 0.05) is 40.8 Å². The zero-order valence-corrected chi connectivity index (χ0v) is 12.7. The Hall–Kier alpha value is 1.56. The van der Waals surface area contributed by atoms with E-state index in [-0.39, 0.29) is 53.2 Å². The van der Waals surface area contributed by atoms with Gasteiger partial charge in [0.05, 0.1) is 0 Å². The average Bonchev–Trinajstić information content (AvgIpc) is 1.93. The monoisotopic (exact) mass is 322 g/mol. The molecule has 0 aromatic carbocycles. The summed E-state index contributed by atoms with van der Waals surface area (Å²) in [5, 5.41) is 7.94. The standard InChI is InChI=1S/2C4H10N.ClH.Nd/c2*1-3-5-4-2;;/h2*3-4H2,1-2H3;1H;/q2*-1;;. The predicted octanol–water partition coefficient (Wildman–Crippen LogP) is 3.22. The summed E-state index contributed by atoms with van der Waals surface area (Å²) in [5.74, 6) is 0. The number of hydrogen-bond acceptors (Lipinski definition) is 0. The van der Waals surface area contributed by atoms with Gasteiger partial charge < -0.3 is 10.6 Å². The molecule has 0 saturated carbocycles. The fourth-order valence-corrected chi connectivity index (χ4v) is 0.447. The first-order valence-corrected chi connectivity index (χ1v) is 4.09. The predicted molar refractivity (Wildman–Crippen MR) is 56.1 cm³/mol. The van der Waals surface area contributed by atoms with Crippen LogP contribution in [-0.4, -0.2) is 26.2 Å². The molecule has 2 nitrogen and oxygen atoms in total. The van der Waals surface area contributed by atoms with E-state index in [1.54, 1.807) is 0 Å². The molecule has 0 aliphatic carbocycles. The Morgan fingerprint density at radius 1 is 0.667 bits per heavy atom. The van der Waals surface area contributed by atoms with E-state index < -0.39 is 0 Å². The molecule has 0 amide bonds. The maximum absolute atomic E-state index is 3.97. The van der Waals surface area contributed by atoms with Gasteiger partial charge in [-0.3, -0.25) is 0 Å². The van der Waals surface area contributed by atoms with E-state index in [2.05, 4.69) is 10.6 Å². The Labute approximate surface area is 117 Å². The Balaban J connectivity index is -0.0000000457. The fraction of sp³-hybridized carbons (Fsp3) is 1.00. The van der Waals surface area contributed by atoms with Crippen molar-refractivity contribution < 1.29 is 40.8 Å². The molecular formula is C8H21ClN2Nd-2. The second-order valence-corrected chi connectivity index (χ2v) is 1.71. The number of hydrogen-bond donors (Lipinski definition) is 0. The third-order valence-electron chi connectivity index (χ3n) is 0.894. The van der Waals surface area contributed by atoms with Crippen molar-refractivity contribution in [2.75, 3.05) is 26.2 Å². The van der Waals surface area contributed by atoms with Crippen LogP contribution in [0, 0.1) is 40.8 Å². The molecule has 0 aliphatic rings. The van der Waals surface area contributed by atoms with E-state index in [4.69, 9.17) is 0 Å². The molecule has 0 N–H and O–H groups in total. The summed E-state index contributed by atoms with van der Waals surface area (Å²) in [6.07, 6.45) is 0. The van der Waals surface area contributed by atoms with E-state index in [9.17, 15) is 0 Å². The Kier molecular flexibility index (Phi) is 57.3. The molecule has 0 aliphatic heterocycles. The minimum atomic E-state index is 0. The molecule has 0 bridgehead atoms. The molecule has 0 heterocycles. The molecule has 76 valence electrons. The van der Waals surface area contributed by atoms with Crippen molar-refractivity contribution >= 4 is 12.4 Å². The maximum Gasteiger partial charge on any atom is 0 e. The van der Waals surface area contributed by atoms with Crippen LogP contribution in [0.4, 0.5) is 0 Å². The van der Waals surface area contributed by atoms with Gasteiger partial charge in [0.25, 0.3) is 0 Å². The number of nitrogens with zero attached hydrogens (tertiary/aromatic N) is 2. The molecule has 0 unspecified atom stereocenters. The van der Waals surface area contributed by atoms with E-state index in [0.29, 0.717) is 0 Å². The fourth-order valence-electron chi connectivity index (χ4n) is 0.447. The summed E-state index contributed by atoms with van der Waals surface area (Å²) in [5.41, 5.74) is 0. The van der Waals surface area contributed by atoms with Crippen LogP contribution in [0.3, 0.4) is 0 Å². The second-order valence-electron chi connectivity index (χ2n) is 1.71. The van der Waals surface area contributed by atoms with Crippen LogP contribution in [0.5, 0.6) is 0 Å². The summed E-state index contributed by atoms with van der Waals surface area (Å²) in [6.45, 7) is 12.1. The summed E-state index contributed by atoms with van der Waals surface area (Å²) >= 11 is 0. The van der Waals surface area contributed by atoms with E-state index >= 15 is 0 Å². The molecule has 0 aromatic rings. The van der Waals surface area contributed by atoms with Crippen molar-refractivity contribution in [3.8, 4) is 0 Å². The quantitative estimate of drug-likeness (QED) is 0.759. The van der Waals surface area contributed by atoms with Crippen molar-refractivity contribution in [2.24, 2.45) is 0 Å². The van der Waals surface area contributed by atoms with Crippen molar-refractivity contribution in [3.63, 3.8) is 0 Å². The molecule has 0 radical (unpaired) electrons. The van der Waals surface area contributed by atoms with Gasteiger partial charge in [0.15, 0.2) is 0 Å². The topological polar surface area (TPSA) is 28.2 Å². The zero-order valence-electron chi connectivity index (χ0n) is 8.63. The van der Waals surface area contributed by atoms with Crippen LogP contribution in [0.1, 0.15) is 27.7 Å². The average molecular weight is 325 g/mol. The van der Waals surface area contributed by atoms with Crippen LogP contribution in [0.2, 0.25) is 0 Å². The minimum Gasteiger partial charge on any atom is -0.663 e. The third-order valence-corrected chi connectivity index (χ3v) is 0.894. The molecule has 0 saturated heterocycles. The SMILES string of the molecule is CC[N-]CC.CC[N-]CC.Cl.[Nd]. The summed E-state index contributed by atoms with van der Waals surface area (Å²) in [7, 11) is 0. The minimum absolute atomic E-state index is 0. The van der Waals surface area contributed by atoms with Crippen LogP contribution in [0.25, 0.3) is 10.6 Å². The first kappa shape index (κ1) is 23.4. The van der Waals surface area contributed by atoms with Gasteiger partial charge in [-0.25, -0.2) is 0 Å². The maximum atomic E-state index is 3.97. The third kappa shape index (κ3) is 41.7. The van der Waals surface area contributed by atoms with Gasteiger partial charge in [-0.05, 0) is 0 Å². The molecule has 12 heavy (non-hydrogen) atoms. The van der Waals surface area contributed by atoms with Crippen LogP contribution < -0.4 is 0 Å². The summed E-state index contributed by atoms with van der Waals surface area (Å²) in [4.78, 5) is 0. The largest absolute Gasteiger partial charge is 0.663 e. The first-order chi connectivity index (χ1) is 4.83. The van der Waals surface area contributed by atoms with Crippen molar-refractivity contribution in [1.29, 1.82) is 0 Å². The van der Waals surface area contributed by atoms with Gasteiger partial charge in [-0.2, -0.15) is 26.2 Å². The summed E-state index contributed by atoms with van der Waals surface area (Å²) < 4.78 is 0. The van der Waals surface area contributed by atoms with Gasteiger partial charge in [0.1, 0.15) is 0 Å². The van der Waals surface area contributed by atoms with E-state index in [0.717, 1.165) is 26.2 Å². The molecule has 0 rings (SSSR count). The number of rotatable bonds is 4. The molecule has 4 heteroatoms. The van der Waals surface area contributed by atoms with Gasteiger partial charge in [-0.1, -0.05) is 27.7 Å². The van der Waals surface area contributed by atoms with Crippen molar-refractivity contribution in [3.05, 3.63) is 10.6 Å². The molecule has 0 spiro atoms. The van der Waals surface area contributed by atoms with E-state index in [1.807, 2.05) is 27.7 Å². The molecule has 0 atom stereocenters. The Bertz CT molecular complexity index is 38.0. The normalized spacial score (nSPS) is 7.00. The Morgan fingerprint density at radius 2 is 0.833 bits per heavy atom. The van der Waals surface area contributed by atoms with Crippen molar-refractivity contribution in [1.82, 2.24) is 0 Å². The van der Waals surface area contributed by atoms with Crippen LogP contribution in [0.15, 0.2) is 0 Å². The molecule has 0 aromatic heterocycles. The summed E-state index contributed by atoms with van der Waals surface area (Å²) in [6, 6.07) is 0. The van der Waals surface area contributed by atoms with E-state index in [1.165, 1.54) is 0 Å². The van der Waals surface area contributed by atoms with Crippen molar-refractivity contribution in [2.45, 2.75) is 27.7 Å². The van der Waals surface area contributed by atoms with Crippen LogP contribution >= 0.6 is 12.4 Å². The smallest absolute Gasteiger partial charge is 0 e. The zero-order chi connectivity index (χ0) is 8.24. The molecular weight excluding hydrogens is 304 g/mol.